The van der Waals surface area contributed by atoms with E-state index in [1.54, 1.807) is 39.2 Å². The third-order valence-electron chi connectivity index (χ3n) is 3.77. The van der Waals surface area contributed by atoms with Crippen LogP contribution < -0.4 is 5.32 Å². The summed E-state index contributed by atoms with van der Waals surface area (Å²) in [7, 11) is 1.57. The molecule has 0 saturated heterocycles. The van der Waals surface area contributed by atoms with Gasteiger partial charge in [-0.15, -0.1) is 11.3 Å². The summed E-state index contributed by atoms with van der Waals surface area (Å²) in [4.78, 5) is 26.8. The van der Waals surface area contributed by atoms with Gasteiger partial charge in [0.05, 0.1) is 6.04 Å². The smallest absolute Gasteiger partial charge is 0.410 e. The Kier molecular flexibility index (Phi) is 7.73. The molecule has 0 aliphatic rings. The fourth-order valence-corrected chi connectivity index (χ4v) is 3.36. The van der Waals surface area contributed by atoms with Gasteiger partial charge in [0.2, 0.25) is 5.91 Å². The van der Waals surface area contributed by atoms with Gasteiger partial charge in [0.25, 0.3) is 0 Å². The van der Waals surface area contributed by atoms with Crippen molar-refractivity contribution >= 4 is 23.3 Å². The number of thiophene rings is 1. The number of hydrogen-bond acceptors (Lipinski definition) is 4. The second-order valence-electron chi connectivity index (χ2n) is 6.97. The Bertz CT molecular complexity index is 519. The van der Waals surface area contributed by atoms with Crippen molar-refractivity contribution in [2.45, 2.75) is 59.1 Å². The average Bonchev–Trinajstić information content (AvgIpc) is 2.99. The third kappa shape index (κ3) is 6.51. The average molecular weight is 355 g/mol. The summed E-state index contributed by atoms with van der Waals surface area (Å²) >= 11 is 1.65. The summed E-state index contributed by atoms with van der Waals surface area (Å²) in [6.07, 6.45) is 1.48. The van der Waals surface area contributed by atoms with E-state index >= 15 is 0 Å². The fourth-order valence-electron chi connectivity index (χ4n) is 2.49. The summed E-state index contributed by atoms with van der Waals surface area (Å²) in [5, 5.41) is 5.11. The predicted molar refractivity (Wildman–Crippen MR) is 98.1 cm³/mol. The molecule has 24 heavy (non-hydrogen) atoms. The molecule has 1 atom stereocenters. The van der Waals surface area contributed by atoms with Crippen molar-refractivity contribution in [3.63, 3.8) is 0 Å². The van der Waals surface area contributed by atoms with E-state index in [1.807, 2.05) is 17.5 Å². The zero-order valence-corrected chi connectivity index (χ0v) is 16.4. The second kappa shape index (κ2) is 9.06. The first kappa shape index (κ1) is 20.5. The molecule has 1 unspecified atom stereocenters. The summed E-state index contributed by atoms with van der Waals surface area (Å²) in [6.45, 7) is 9.66. The molecule has 1 rings (SSSR count). The first-order valence-corrected chi connectivity index (χ1v) is 9.32. The number of rotatable bonds is 7. The van der Waals surface area contributed by atoms with E-state index in [9.17, 15) is 9.59 Å². The van der Waals surface area contributed by atoms with E-state index in [1.165, 1.54) is 4.90 Å². The molecule has 6 heteroatoms. The largest absolute Gasteiger partial charge is 0.444 e. The maximum atomic E-state index is 12.4. The van der Waals surface area contributed by atoms with E-state index in [0.717, 1.165) is 17.7 Å². The zero-order valence-electron chi connectivity index (χ0n) is 15.6. The molecule has 1 heterocycles. The summed E-state index contributed by atoms with van der Waals surface area (Å²) in [5.41, 5.74) is -0.573. The molecule has 0 spiro atoms. The molecule has 0 radical (unpaired) electrons. The van der Waals surface area contributed by atoms with Crippen LogP contribution in [0.3, 0.4) is 0 Å². The standard InChI is InChI=1S/C18H30N2O3S/c1-7-13(8-2)16(14-10-9-11-24-14)19-15(21)12-20(6)17(22)23-18(3,4)5/h9-11,13,16H,7-8,12H2,1-6H3,(H,19,21). The summed E-state index contributed by atoms with van der Waals surface area (Å²) in [6, 6.07) is 4.03. The van der Waals surface area contributed by atoms with Gasteiger partial charge in [-0.2, -0.15) is 0 Å². The minimum atomic E-state index is -0.573. The minimum absolute atomic E-state index is 0.0143. The van der Waals surface area contributed by atoms with E-state index in [-0.39, 0.29) is 18.5 Å². The molecule has 136 valence electrons. The zero-order chi connectivity index (χ0) is 18.3. The molecule has 1 aromatic heterocycles. The highest BCUT2D eigenvalue weighted by molar-refractivity contribution is 7.10. The number of carbonyl (C=O) groups excluding carboxylic acids is 2. The monoisotopic (exact) mass is 354 g/mol. The van der Waals surface area contributed by atoms with E-state index in [4.69, 9.17) is 4.74 Å². The number of likely N-dealkylation sites (N-methyl/N-ethyl adjacent to an activating group) is 1. The first-order valence-electron chi connectivity index (χ1n) is 8.44. The summed E-state index contributed by atoms with van der Waals surface area (Å²) < 4.78 is 5.28. The second-order valence-corrected chi connectivity index (χ2v) is 7.95. The number of amides is 2. The third-order valence-corrected chi connectivity index (χ3v) is 4.73. The van der Waals surface area contributed by atoms with Crippen molar-refractivity contribution in [3.05, 3.63) is 22.4 Å². The van der Waals surface area contributed by atoms with Gasteiger partial charge in [0.1, 0.15) is 12.1 Å². The Hall–Kier alpha value is -1.56. The van der Waals surface area contributed by atoms with Crippen LogP contribution in [-0.2, 0) is 9.53 Å². The van der Waals surface area contributed by atoms with Gasteiger partial charge in [0.15, 0.2) is 0 Å². The number of carbonyl (C=O) groups is 2. The van der Waals surface area contributed by atoms with Crippen molar-refractivity contribution in [3.8, 4) is 0 Å². The maximum absolute atomic E-state index is 12.4. The molecule has 2 amide bonds. The van der Waals surface area contributed by atoms with Crippen molar-refractivity contribution in [2.24, 2.45) is 5.92 Å². The van der Waals surface area contributed by atoms with Gasteiger partial charge in [-0.25, -0.2) is 4.79 Å². The lowest BCUT2D eigenvalue weighted by Crippen LogP contribution is -2.43. The highest BCUT2D eigenvalue weighted by atomic mass is 32.1. The molecule has 0 fully saturated rings. The van der Waals surface area contributed by atoms with Gasteiger partial charge in [-0.05, 0) is 38.1 Å². The van der Waals surface area contributed by atoms with Crippen LogP contribution >= 0.6 is 11.3 Å². The van der Waals surface area contributed by atoms with Gasteiger partial charge < -0.3 is 15.0 Å². The Morgan fingerprint density at radius 3 is 2.38 bits per heavy atom. The maximum Gasteiger partial charge on any atom is 0.410 e. The van der Waals surface area contributed by atoms with Crippen molar-refractivity contribution < 1.29 is 14.3 Å². The molecular formula is C18H30N2O3S. The normalized spacial score (nSPS) is 12.8. The highest BCUT2D eigenvalue weighted by Gasteiger charge is 2.25. The fraction of sp³-hybridized carbons (Fsp3) is 0.667. The first-order chi connectivity index (χ1) is 11.2. The Morgan fingerprint density at radius 1 is 1.29 bits per heavy atom. The lowest BCUT2D eigenvalue weighted by atomic mass is 9.93. The Balaban J connectivity index is 2.70. The molecule has 0 bridgehead atoms. The molecule has 0 aliphatic carbocycles. The van der Waals surface area contributed by atoms with Crippen LogP contribution in [0.1, 0.15) is 58.4 Å². The van der Waals surface area contributed by atoms with Crippen LogP contribution in [0.15, 0.2) is 17.5 Å². The minimum Gasteiger partial charge on any atom is -0.444 e. The SMILES string of the molecule is CCC(CC)C(NC(=O)CN(C)C(=O)OC(C)(C)C)c1cccs1. The van der Waals surface area contributed by atoms with E-state index in [0.29, 0.717) is 5.92 Å². The van der Waals surface area contributed by atoms with Crippen LogP contribution in [0, 0.1) is 5.92 Å². The van der Waals surface area contributed by atoms with Gasteiger partial charge in [-0.1, -0.05) is 32.8 Å². The number of nitrogens with zero attached hydrogens (tertiary/aromatic N) is 1. The quantitative estimate of drug-likeness (QED) is 0.798. The predicted octanol–water partition coefficient (Wildman–Crippen LogP) is 4.21. The van der Waals surface area contributed by atoms with Crippen LogP contribution in [0.5, 0.6) is 0 Å². The van der Waals surface area contributed by atoms with Crippen molar-refractivity contribution in [2.75, 3.05) is 13.6 Å². The molecular weight excluding hydrogens is 324 g/mol. The Labute approximate surface area is 149 Å². The molecule has 5 nitrogen and oxygen atoms in total. The molecule has 0 aliphatic heterocycles. The number of hydrogen-bond donors (Lipinski definition) is 1. The van der Waals surface area contributed by atoms with Crippen LogP contribution in [0.4, 0.5) is 4.79 Å². The number of ether oxygens (including phenoxy) is 1. The lowest BCUT2D eigenvalue weighted by Gasteiger charge is -2.28. The van der Waals surface area contributed by atoms with Crippen LogP contribution in [-0.4, -0.2) is 36.1 Å². The lowest BCUT2D eigenvalue weighted by molar-refractivity contribution is -0.123. The van der Waals surface area contributed by atoms with Crippen LogP contribution in [0.2, 0.25) is 0 Å². The van der Waals surface area contributed by atoms with Gasteiger partial charge >= 0.3 is 6.09 Å². The van der Waals surface area contributed by atoms with Gasteiger partial charge in [0, 0.05) is 11.9 Å². The summed E-state index contributed by atoms with van der Waals surface area (Å²) in [5.74, 6) is 0.202. The van der Waals surface area contributed by atoms with Crippen LogP contribution in [0.25, 0.3) is 0 Å². The molecule has 1 aromatic rings. The number of nitrogens with one attached hydrogen (secondary N) is 1. The van der Waals surface area contributed by atoms with Gasteiger partial charge in [-0.3, -0.25) is 4.79 Å². The Morgan fingerprint density at radius 2 is 1.92 bits per heavy atom. The van der Waals surface area contributed by atoms with Crippen molar-refractivity contribution in [1.82, 2.24) is 10.2 Å². The van der Waals surface area contributed by atoms with E-state index in [2.05, 4.69) is 19.2 Å². The molecule has 0 saturated carbocycles. The topological polar surface area (TPSA) is 58.6 Å². The molecule has 0 aromatic carbocycles. The van der Waals surface area contributed by atoms with E-state index < -0.39 is 11.7 Å². The van der Waals surface area contributed by atoms with Crippen molar-refractivity contribution in [1.29, 1.82) is 0 Å². The molecule has 1 N–H and O–H groups in total. The highest BCUT2D eigenvalue weighted by Crippen LogP contribution is 2.30.